The molecule has 1 heterocycles. The van der Waals surface area contributed by atoms with Gasteiger partial charge in [0.05, 0.1) is 17.0 Å². The molecule has 1 aromatic heterocycles. The molecule has 0 aliphatic rings. The molecule has 0 aliphatic heterocycles. The molecule has 0 radical (unpaired) electrons. The van der Waals surface area contributed by atoms with Crippen molar-refractivity contribution in [2.45, 2.75) is 0 Å². The van der Waals surface area contributed by atoms with E-state index in [4.69, 9.17) is 5.84 Å². The van der Waals surface area contributed by atoms with Crippen LogP contribution in [0.25, 0.3) is 10.9 Å². The quantitative estimate of drug-likeness (QED) is 0.691. The SMILES string of the molecule is Nn1c(=O)cc(O)c(=O)c2ccc(Br)cc21. The highest BCUT2D eigenvalue weighted by Crippen LogP contribution is 2.16. The van der Waals surface area contributed by atoms with Gasteiger partial charge in [-0.05, 0) is 18.2 Å². The van der Waals surface area contributed by atoms with Crippen molar-refractivity contribution < 1.29 is 5.11 Å². The number of halogens is 1. The number of aromatic nitrogens is 1. The summed E-state index contributed by atoms with van der Waals surface area (Å²) in [7, 11) is 0. The number of nitrogens with two attached hydrogens (primary N) is 1. The van der Waals surface area contributed by atoms with Gasteiger partial charge < -0.3 is 10.9 Å². The molecule has 0 bridgehead atoms. The summed E-state index contributed by atoms with van der Waals surface area (Å²) in [4.78, 5) is 23.1. The second-order valence-electron chi connectivity index (χ2n) is 3.23. The van der Waals surface area contributed by atoms with Crippen LogP contribution in [0.3, 0.4) is 0 Å². The van der Waals surface area contributed by atoms with Gasteiger partial charge in [-0.2, -0.15) is 0 Å². The molecule has 0 fully saturated rings. The number of nitrogens with zero attached hydrogens (tertiary/aromatic N) is 1. The van der Waals surface area contributed by atoms with E-state index in [2.05, 4.69) is 15.9 Å². The third kappa shape index (κ3) is 1.57. The number of nitrogen functional groups attached to an aromatic ring is 1. The molecule has 2 aromatic rings. The normalized spacial score (nSPS) is 10.6. The molecule has 1 aromatic carbocycles. The van der Waals surface area contributed by atoms with Crippen molar-refractivity contribution in [2.75, 3.05) is 5.84 Å². The van der Waals surface area contributed by atoms with E-state index in [9.17, 15) is 14.7 Å². The Morgan fingerprint density at radius 1 is 1.25 bits per heavy atom. The van der Waals surface area contributed by atoms with Gasteiger partial charge in [0, 0.05) is 4.47 Å². The minimum Gasteiger partial charge on any atom is -0.504 e. The molecule has 5 nitrogen and oxygen atoms in total. The molecule has 0 saturated carbocycles. The maximum absolute atomic E-state index is 11.7. The largest absolute Gasteiger partial charge is 0.504 e. The zero-order valence-electron chi connectivity index (χ0n) is 7.98. The van der Waals surface area contributed by atoms with Crippen LogP contribution in [0.4, 0.5) is 0 Å². The van der Waals surface area contributed by atoms with Crippen molar-refractivity contribution >= 4 is 26.8 Å². The zero-order chi connectivity index (χ0) is 11.9. The number of benzene rings is 1. The van der Waals surface area contributed by atoms with E-state index in [1.54, 1.807) is 6.07 Å². The molecule has 2 rings (SSSR count). The lowest BCUT2D eigenvalue weighted by Gasteiger charge is -1.98. The molecule has 0 amide bonds. The first kappa shape index (κ1) is 10.7. The van der Waals surface area contributed by atoms with Gasteiger partial charge in [0.2, 0.25) is 5.43 Å². The van der Waals surface area contributed by atoms with Gasteiger partial charge in [0.15, 0.2) is 5.75 Å². The van der Waals surface area contributed by atoms with Crippen molar-refractivity contribution in [3.8, 4) is 5.75 Å². The highest BCUT2D eigenvalue weighted by molar-refractivity contribution is 9.10. The van der Waals surface area contributed by atoms with Crippen LogP contribution in [0.1, 0.15) is 0 Å². The first-order valence-corrected chi connectivity index (χ1v) is 5.13. The lowest BCUT2D eigenvalue weighted by atomic mass is 10.2. The first-order valence-electron chi connectivity index (χ1n) is 4.34. The van der Waals surface area contributed by atoms with Gasteiger partial charge in [0.25, 0.3) is 5.56 Å². The van der Waals surface area contributed by atoms with Gasteiger partial charge >= 0.3 is 0 Å². The molecule has 0 spiro atoms. The average molecular weight is 283 g/mol. The summed E-state index contributed by atoms with van der Waals surface area (Å²) in [6.07, 6.45) is 0. The van der Waals surface area contributed by atoms with Crippen molar-refractivity contribution in [1.29, 1.82) is 0 Å². The summed E-state index contributed by atoms with van der Waals surface area (Å²) in [6, 6.07) is 5.46. The van der Waals surface area contributed by atoms with Gasteiger partial charge in [-0.25, -0.2) is 4.68 Å². The monoisotopic (exact) mass is 282 g/mol. The Labute approximate surface area is 97.8 Å². The van der Waals surface area contributed by atoms with Crippen molar-refractivity contribution in [1.82, 2.24) is 4.68 Å². The molecule has 0 saturated heterocycles. The topological polar surface area (TPSA) is 85.3 Å². The Kier molecular flexibility index (Phi) is 2.43. The lowest BCUT2D eigenvalue weighted by Crippen LogP contribution is -2.24. The van der Waals surface area contributed by atoms with Crippen LogP contribution in [-0.2, 0) is 0 Å². The minimum atomic E-state index is -0.650. The molecule has 3 N–H and O–H groups in total. The van der Waals surface area contributed by atoms with Gasteiger partial charge in [-0.1, -0.05) is 15.9 Å². The fourth-order valence-corrected chi connectivity index (χ4v) is 1.75. The Bertz CT molecular complexity index is 694. The molecule has 0 aliphatic carbocycles. The van der Waals surface area contributed by atoms with Crippen LogP contribution < -0.4 is 16.8 Å². The highest BCUT2D eigenvalue weighted by atomic mass is 79.9. The van der Waals surface area contributed by atoms with E-state index < -0.39 is 16.7 Å². The smallest absolute Gasteiger partial charge is 0.273 e. The van der Waals surface area contributed by atoms with E-state index in [1.807, 2.05) is 0 Å². The van der Waals surface area contributed by atoms with E-state index in [0.717, 1.165) is 10.7 Å². The Morgan fingerprint density at radius 2 is 1.94 bits per heavy atom. The summed E-state index contributed by atoms with van der Waals surface area (Å²) < 4.78 is 1.50. The maximum Gasteiger partial charge on any atom is 0.273 e. The maximum atomic E-state index is 11.7. The molecular formula is C10H7BrN2O3. The predicted molar refractivity (Wildman–Crippen MR) is 64.0 cm³/mol. The van der Waals surface area contributed by atoms with Crippen molar-refractivity contribution in [3.05, 3.63) is 49.3 Å². The van der Waals surface area contributed by atoms with Crippen LogP contribution >= 0.6 is 15.9 Å². The fourth-order valence-electron chi connectivity index (χ4n) is 1.40. The van der Waals surface area contributed by atoms with Crippen molar-refractivity contribution in [3.63, 3.8) is 0 Å². The molecule has 0 unspecified atom stereocenters. The Balaban J connectivity index is 3.21. The number of hydrogen-bond acceptors (Lipinski definition) is 4. The number of hydrogen-bond donors (Lipinski definition) is 2. The molecule has 82 valence electrons. The van der Waals surface area contributed by atoms with E-state index in [0.29, 0.717) is 4.47 Å². The number of fused-ring (bicyclic) bond motifs is 1. The highest BCUT2D eigenvalue weighted by Gasteiger charge is 2.07. The van der Waals surface area contributed by atoms with Crippen LogP contribution in [0.2, 0.25) is 0 Å². The van der Waals surface area contributed by atoms with Crippen LogP contribution in [0, 0.1) is 0 Å². The van der Waals surface area contributed by atoms with Crippen LogP contribution in [0.5, 0.6) is 5.75 Å². The molecule has 16 heavy (non-hydrogen) atoms. The Hall–Kier alpha value is -1.82. The molecular weight excluding hydrogens is 276 g/mol. The van der Waals surface area contributed by atoms with Crippen LogP contribution in [-0.4, -0.2) is 9.78 Å². The summed E-state index contributed by atoms with van der Waals surface area (Å²) in [6.45, 7) is 0. The third-order valence-electron chi connectivity index (χ3n) is 2.19. The van der Waals surface area contributed by atoms with Crippen molar-refractivity contribution in [2.24, 2.45) is 0 Å². The summed E-state index contributed by atoms with van der Waals surface area (Å²) in [5.41, 5.74) is -1.02. The first-order chi connectivity index (χ1) is 7.50. The summed E-state index contributed by atoms with van der Waals surface area (Å²) in [5, 5.41) is 9.54. The van der Waals surface area contributed by atoms with Gasteiger partial charge in [-0.15, -0.1) is 0 Å². The van der Waals surface area contributed by atoms with Gasteiger partial charge in [0.1, 0.15) is 0 Å². The van der Waals surface area contributed by atoms with Gasteiger partial charge in [-0.3, -0.25) is 9.59 Å². The second kappa shape index (κ2) is 3.64. The van der Waals surface area contributed by atoms with E-state index >= 15 is 0 Å². The minimum absolute atomic E-state index is 0.185. The molecule has 0 atom stereocenters. The average Bonchev–Trinajstić information content (AvgIpc) is 2.32. The summed E-state index contributed by atoms with van der Waals surface area (Å²) >= 11 is 3.21. The summed E-state index contributed by atoms with van der Waals surface area (Å²) in [5.74, 6) is 4.93. The third-order valence-corrected chi connectivity index (χ3v) is 2.69. The lowest BCUT2D eigenvalue weighted by molar-refractivity contribution is 0.471. The predicted octanol–water partition coefficient (Wildman–Crippen LogP) is 0.544. The Morgan fingerprint density at radius 3 is 2.62 bits per heavy atom. The molecule has 6 heteroatoms. The number of rotatable bonds is 0. The fraction of sp³-hybridized carbons (Fsp3) is 0. The number of aromatic hydroxyl groups is 1. The zero-order valence-corrected chi connectivity index (χ0v) is 9.56. The standard InChI is InChI=1S/C10H7BrN2O3/c11-5-1-2-6-7(3-5)13(12)9(15)4-8(14)10(6)16/h1-4,14H,12H2. The van der Waals surface area contributed by atoms with E-state index in [1.165, 1.54) is 12.1 Å². The second-order valence-corrected chi connectivity index (χ2v) is 4.14. The van der Waals surface area contributed by atoms with Crippen LogP contribution in [0.15, 0.2) is 38.3 Å². The van der Waals surface area contributed by atoms with E-state index in [-0.39, 0.29) is 10.9 Å².